The Balaban J connectivity index is 1.55. The van der Waals surface area contributed by atoms with Crippen LogP contribution in [0.25, 0.3) is 0 Å². The fourth-order valence-corrected chi connectivity index (χ4v) is 2.72. The number of aliphatic hydroxyl groups is 1. The first kappa shape index (κ1) is 16.7. The molecule has 6 nitrogen and oxygen atoms in total. The number of hydrogen-bond acceptors (Lipinski definition) is 4. The standard InChI is InChI=1S/C17H19ClN4O2/c1-17(24,13-4-2-3-5-14(13)18)10-21-16(23)22-12-8-19-15(20-9-12)11-6-7-11/h2-5,8-9,11,24H,6-7,10H2,1H3,(H2,21,22,23). The van der Waals surface area contributed by atoms with Gasteiger partial charge in [0.15, 0.2) is 0 Å². The van der Waals surface area contributed by atoms with E-state index in [1.165, 1.54) is 0 Å². The minimum Gasteiger partial charge on any atom is -0.384 e. The second-order valence-corrected chi connectivity index (χ2v) is 6.57. The molecule has 1 saturated carbocycles. The molecule has 7 heteroatoms. The minimum atomic E-state index is -1.28. The summed E-state index contributed by atoms with van der Waals surface area (Å²) in [4.78, 5) is 20.5. The van der Waals surface area contributed by atoms with Gasteiger partial charge in [-0.1, -0.05) is 29.8 Å². The number of anilines is 1. The van der Waals surface area contributed by atoms with Gasteiger partial charge in [0.2, 0.25) is 0 Å². The maximum absolute atomic E-state index is 12.0. The van der Waals surface area contributed by atoms with Crippen LogP contribution in [0, 0.1) is 0 Å². The molecule has 0 aliphatic heterocycles. The Morgan fingerprint density at radius 3 is 2.62 bits per heavy atom. The second kappa shape index (κ2) is 6.75. The molecule has 1 heterocycles. The number of halogens is 1. The van der Waals surface area contributed by atoms with Gasteiger partial charge >= 0.3 is 6.03 Å². The van der Waals surface area contributed by atoms with Gasteiger partial charge in [0, 0.05) is 16.5 Å². The Labute approximate surface area is 145 Å². The summed E-state index contributed by atoms with van der Waals surface area (Å²) in [5, 5.41) is 16.3. The number of urea groups is 1. The van der Waals surface area contributed by atoms with Crippen LogP contribution in [0.1, 0.15) is 37.1 Å². The summed E-state index contributed by atoms with van der Waals surface area (Å²) in [6, 6.07) is 6.56. The van der Waals surface area contributed by atoms with Crippen molar-refractivity contribution >= 4 is 23.3 Å². The third-order valence-corrected chi connectivity index (χ3v) is 4.25. The monoisotopic (exact) mass is 346 g/mol. The van der Waals surface area contributed by atoms with Crippen LogP contribution in [-0.2, 0) is 5.60 Å². The summed E-state index contributed by atoms with van der Waals surface area (Å²) in [6.07, 6.45) is 5.44. The van der Waals surface area contributed by atoms with E-state index < -0.39 is 11.6 Å². The van der Waals surface area contributed by atoms with E-state index >= 15 is 0 Å². The van der Waals surface area contributed by atoms with Crippen LogP contribution >= 0.6 is 11.6 Å². The van der Waals surface area contributed by atoms with E-state index in [1.54, 1.807) is 43.6 Å². The Kier molecular flexibility index (Phi) is 4.69. The molecule has 1 aromatic heterocycles. The second-order valence-electron chi connectivity index (χ2n) is 6.17. The Morgan fingerprint density at radius 1 is 1.33 bits per heavy atom. The predicted molar refractivity (Wildman–Crippen MR) is 92.1 cm³/mol. The van der Waals surface area contributed by atoms with Gasteiger partial charge in [0.25, 0.3) is 0 Å². The van der Waals surface area contributed by atoms with Crippen LogP contribution in [0.3, 0.4) is 0 Å². The zero-order valence-electron chi connectivity index (χ0n) is 13.3. The van der Waals surface area contributed by atoms with Gasteiger partial charge in [-0.25, -0.2) is 14.8 Å². The van der Waals surface area contributed by atoms with Gasteiger partial charge in [-0.05, 0) is 25.8 Å². The highest BCUT2D eigenvalue weighted by atomic mass is 35.5. The van der Waals surface area contributed by atoms with E-state index in [9.17, 15) is 9.90 Å². The van der Waals surface area contributed by atoms with Crippen molar-refractivity contribution in [2.24, 2.45) is 0 Å². The zero-order valence-corrected chi connectivity index (χ0v) is 14.0. The molecule has 0 bridgehead atoms. The summed E-state index contributed by atoms with van der Waals surface area (Å²) in [5.74, 6) is 1.29. The molecular formula is C17H19ClN4O2. The lowest BCUT2D eigenvalue weighted by atomic mass is 9.96. The van der Waals surface area contributed by atoms with Gasteiger partial charge < -0.3 is 15.7 Å². The number of rotatable bonds is 5. The van der Waals surface area contributed by atoms with Crippen LogP contribution in [0.5, 0.6) is 0 Å². The van der Waals surface area contributed by atoms with Gasteiger partial charge in [0.1, 0.15) is 11.4 Å². The lowest BCUT2D eigenvalue weighted by Crippen LogP contribution is -2.40. The number of carbonyl (C=O) groups is 1. The normalized spacial score (nSPS) is 16.3. The number of carbonyl (C=O) groups excluding carboxylic acids is 1. The highest BCUT2D eigenvalue weighted by molar-refractivity contribution is 6.31. The number of nitrogens with one attached hydrogen (secondary N) is 2. The van der Waals surface area contributed by atoms with E-state index in [0.717, 1.165) is 18.7 Å². The average molecular weight is 347 g/mol. The van der Waals surface area contributed by atoms with Crippen molar-refractivity contribution in [3.63, 3.8) is 0 Å². The van der Waals surface area contributed by atoms with Gasteiger partial charge in [-0.3, -0.25) is 0 Å². The van der Waals surface area contributed by atoms with E-state index in [4.69, 9.17) is 11.6 Å². The van der Waals surface area contributed by atoms with Crippen LogP contribution in [-0.4, -0.2) is 27.7 Å². The molecule has 2 amide bonds. The number of nitrogens with zero attached hydrogens (tertiary/aromatic N) is 2. The molecule has 0 spiro atoms. The number of amides is 2. The largest absolute Gasteiger partial charge is 0.384 e. The molecule has 1 atom stereocenters. The molecule has 1 aromatic carbocycles. The molecule has 0 radical (unpaired) electrons. The number of benzene rings is 1. The van der Waals surface area contributed by atoms with E-state index in [1.807, 2.05) is 0 Å². The van der Waals surface area contributed by atoms with Crippen LogP contribution < -0.4 is 10.6 Å². The Morgan fingerprint density at radius 2 is 2.00 bits per heavy atom. The highest BCUT2D eigenvalue weighted by Gasteiger charge is 2.27. The van der Waals surface area contributed by atoms with E-state index in [2.05, 4.69) is 20.6 Å². The molecule has 1 aliphatic carbocycles. The zero-order chi connectivity index (χ0) is 17.2. The topological polar surface area (TPSA) is 87.1 Å². The summed E-state index contributed by atoms with van der Waals surface area (Å²) < 4.78 is 0. The average Bonchev–Trinajstić information content (AvgIpc) is 3.39. The Hall–Kier alpha value is -2.18. The maximum Gasteiger partial charge on any atom is 0.319 e. The number of hydrogen-bond donors (Lipinski definition) is 3. The molecule has 1 fully saturated rings. The molecule has 1 aliphatic rings. The number of aromatic nitrogens is 2. The van der Waals surface area contributed by atoms with E-state index in [0.29, 0.717) is 22.2 Å². The fourth-order valence-electron chi connectivity index (χ4n) is 2.38. The van der Waals surface area contributed by atoms with E-state index in [-0.39, 0.29) is 6.54 Å². The quantitative estimate of drug-likeness (QED) is 0.776. The third kappa shape index (κ3) is 4.01. The SMILES string of the molecule is CC(O)(CNC(=O)Nc1cnc(C2CC2)nc1)c1ccccc1Cl. The lowest BCUT2D eigenvalue weighted by molar-refractivity contribution is 0.0600. The van der Waals surface area contributed by atoms with Crippen LogP contribution in [0.4, 0.5) is 10.5 Å². The maximum atomic E-state index is 12.0. The summed E-state index contributed by atoms with van der Waals surface area (Å²) in [6.45, 7) is 1.62. The molecule has 126 valence electrons. The fraction of sp³-hybridized carbons (Fsp3) is 0.353. The van der Waals surface area contributed by atoms with Crippen molar-refractivity contribution in [3.8, 4) is 0 Å². The first-order valence-electron chi connectivity index (χ1n) is 7.80. The van der Waals surface area contributed by atoms with Crippen molar-refractivity contribution in [1.82, 2.24) is 15.3 Å². The molecule has 3 N–H and O–H groups in total. The van der Waals surface area contributed by atoms with Gasteiger partial charge in [-0.15, -0.1) is 0 Å². The van der Waals surface area contributed by atoms with Gasteiger partial charge in [0.05, 0.1) is 24.6 Å². The van der Waals surface area contributed by atoms with Crippen molar-refractivity contribution in [2.75, 3.05) is 11.9 Å². The molecule has 2 aromatic rings. The van der Waals surface area contributed by atoms with Gasteiger partial charge in [-0.2, -0.15) is 0 Å². The minimum absolute atomic E-state index is 0.0174. The highest BCUT2D eigenvalue weighted by Crippen LogP contribution is 2.37. The summed E-state index contributed by atoms with van der Waals surface area (Å²) >= 11 is 6.09. The molecule has 0 saturated heterocycles. The van der Waals surface area contributed by atoms with Crippen molar-refractivity contribution in [2.45, 2.75) is 31.3 Å². The van der Waals surface area contributed by atoms with Crippen molar-refractivity contribution < 1.29 is 9.90 Å². The Bertz CT molecular complexity index is 730. The smallest absolute Gasteiger partial charge is 0.319 e. The molecule has 1 unspecified atom stereocenters. The first-order valence-corrected chi connectivity index (χ1v) is 8.18. The molecular weight excluding hydrogens is 328 g/mol. The van der Waals surface area contributed by atoms with Crippen LogP contribution in [0.2, 0.25) is 5.02 Å². The van der Waals surface area contributed by atoms with Crippen molar-refractivity contribution in [3.05, 3.63) is 53.1 Å². The molecule has 24 heavy (non-hydrogen) atoms. The molecule has 3 rings (SSSR count). The summed E-state index contributed by atoms with van der Waals surface area (Å²) in [5.41, 5.74) is -0.208. The predicted octanol–water partition coefficient (Wildman–Crippen LogP) is 3.04. The van der Waals surface area contributed by atoms with Crippen LogP contribution in [0.15, 0.2) is 36.7 Å². The lowest BCUT2D eigenvalue weighted by Gasteiger charge is -2.25. The first-order chi connectivity index (χ1) is 11.5. The van der Waals surface area contributed by atoms with Crippen molar-refractivity contribution in [1.29, 1.82) is 0 Å². The third-order valence-electron chi connectivity index (χ3n) is 3.92. The summed E-state index contributed by atoms with van der Waals surface area (Å²) in [7, 11) is 0.